The van der Waals surface area contributed by atoms with Crippen molar-refractivity contribution in [3.8, 4) is 0 Å². The minimum absolute atomic E-state index is 0.694. The Kier molecular flexibility index (Phi) is 2.98. The van der Waals surface area contributed by atoms with Crippen LogP contribution in [0.1, 0.15) is 19.3 Å². The summed E-state index contributed by atoms with van der Waals surface area (Å²) in [6.45, 7) is 0. The molecule has 0 fully saturated rings. The van der Waals surface area contributed by atoms with Gasteiger partial charge in [0.2, 0.25) is 0 Å². The fraction of sp³-hybridized carbons (Fsp3) is 0.714. The minimum atomic E-state index is 0.694. The summed E-state index contributed by atoms with van der Waals surface area (Å²) in [7, 11) is 2.13. The average Bonchev–Trinajstić information content (AvgIpc) is 1.90. The van der Waals surface area contributed by atoms with Crippen LogP contribution in [0.3, 0.4) is 0 Å². The third-order valence-electron chi connectivity index (χ3n) is 1.69. The van der Waals surface area contributed by atoms with Crippen molar-refractivity contribution in [1.29, 1.82) is 0 Å². The molecular formula is C7H12IN. The zero-order valence-electron chi connectivity index (χ0n) is 5.68. The van der Waals surface area contributed by atoms with Crippen LogP contribution < -0.4 is 0 Å². The fourth-order valence-electron chi connectivity index (χ4n) is 1.09. The van der Waals surface area contributed by atoms with Crippen LogP contribution in [0.25, 0.3) is 0 Å². The second-order valence-corrected chi connectivity index (χ2v) is 3.97. The molecule has 0 radical (unpaired) electrons. The maximum Gasteiger partial charge on any atom is 0.0371 e. The molecule has 1 unspecified atom stereocenters. The maximum absolute atomic E-state index is 2.34. The first-order chi connectivity index (χ1) is 4.30. The molecule has 0 amide bonds. The van der Waals surface area contributed by atoms with Crippen molar-refractivity contribution in [2.45, 2.75) is 25.3 Å². The first kappa shape index (κ1) is 7.54. The molecule has 1 aliphatic carbocycles. The average molecular weight is 237 g/mol. The highest BCUT2D eigenvalue weighted by molar-refractivity contribution is 14.1. The van der Waals surface area contributed by atoms with E-state index in [4.69, 9.17) is 0 Å². The van der Waals surface area contributed by atoms with Crippen molar-refractivity contribution < 1.29 is 0 Å². The molecule has 0 heterocycles. The predicted octanol–water partition coefficient (Wildman–Crippen LogP) is 2.38. The van der Waals surface area contributed by atoms with Gasteiger partial charge in [0.15, 0.2) is 0 Å². The van der Waals surface area contributed by atoms with E-state index in [1.807, 2.05) is 0 Å². The van der Waals surface area contributed by atoms with Gasteiger partial charge in [-0.15, -0.1) is 0 Å². The molecular weight excluding hydrogens is 225 g/mol. The van der Waals surface area contributed by atoms with Crippen molar-refractivity contribution >= 4 is 22.9 Å². The molecule has 1 nitrogen and oxygen atoms in total. The van der Waals surface area contributed by atoms with Gasteiger partial charge in [-0.05, 0) is 26.3 Å². The summed E-state index contributed by atoms with van der Waals surface area (Å²) in [6, 6.07) is 0.694. The smallest absolute Gasteiger partial charge is 0.0371 e. The van der Waals surface area contributed by atoms with Crippen LogP contribution in [0.4, 0.5) is 0 Å². The normalized spacial score (nSPS) is 27.2. The number of likely N-dealkylation sites (N-methyl/N-ethyl adjacent to an activating group) is 1. The predicted molar refractivity (Wildman–Crippen MR) is 48.6 cm³/mol. The third-order valence-corrected chi connectivity index (χ3v) is 2.40. The van der Waals surface area contributed by atoms with Crippen LogP contribution in [0, 0.1) is 0 Å². The van der Waals surface area contributed by atoms with E-state index in [0.29, 0.717) is 6.04 Å². The second kappa shape index (κ2) is 3.56. The van der Waals surface area contributed by atoms with E-state index in [1.165, 1.54) is 19.3 Å². The molecule has 0 aromatic carbocycles. The van der Waals surface area contributed by atoms with E-state index in [-0.39, 0.29) is 0 Å². The van der Waals surface area contributed by atoms with E-state index in [0.717, 1.165) is 0 Å². The van der Waals surface area contributed by atoms with E-state index in [9.17, 15) is 0 Å². The van der Waals surface area contributed by atoms with Crippen molar-refractivity contribution in [2.24, 2.45) is 0 Å². The molecule has 0 N–H and O–H groups in total. The van der Waals surface area contributed by atoms with Gasteiger partial charge in [0.25, 0.3) is 0 Å². The van der Waals surface area contributed by atoms with E-state index in [2.05, 4.69) is 45.2 Å². The summed E-state index contributed by atoms with van der Waals surface area (Å²) >= 11 is 2.34. The molecule has 2 heteroatoms. The van der Waals surface area contributed by atoms with Gasteiger partial charge in [-0.1, -0.05) is 12.2 Å². The second-order valence-electron chi connectivity index (χ2n) is 2.45. The molecule has 0 bridgehead atoms. The first-order valence-electron chi connectivity index (χ1n) is 3.36. The van der Waals surface area contributed by atoms with Crippen LogP contribution in [0.2, 0.25) is 0 Å². The lowest BCUT2D eigenvalue weighted by atomic mass is 10.0. The van der Waals surface area contributed by atoms with E-state index in [1.54, 1.807) is 0 Å². The Bertz CT molecular complexity index is 109. The topological polar surface area (TPSA) is 3.24 Å². The Hall–Kier alpha value is 0.430. The summed E-state index contributed by atoms with van der Waals surface area (Å²) in [5.74, 6) is 0. The molecule has 0 saturated carbocycles. The van der Waals surface area contributed by atoms with Gasteiger partial charge in [0.1, 0.15) is 0 Å². The highest BCUT2D eigenvalue weighted by Gasteiger charge is 2.09. The van der Waals surface area contributed by atoms with E-state index >= 15 is 0 Å². The van der Waals surface area contributed by atoms with Crippen molar-refractivity contribution in [2.75, 3.05) is 7.05 Å². The van der Waals surface area contributed by atoms with Crippen LogP contribution in [0.5, 0.6) is 0 Å². The Morgan fingerprint density at radius 1 is 1.67 bits per heavy atom. The molecule has 52 valence electrons. The van der Waals surface area contributed by atoms with Crippen LogP contribution >= 0.6 is 22.9 Å². The van der Waals surface area contributed by atoms with Crippen LogP contribution in [0.15, 0.2) is 12.2 Å². The molecule has 1 aliphatic rings. The zero-order chi connectivity index (χ0) is 6.69. The van der Waals surface area contributed by atoms with Crippen LogP contribution in [-0.4, -0.2) is 16.2 Å². The fourth-order valence-corrected chi connectivity index (χ4v) is 1.56. The first-order valence-corrected chi connectivity index (χ1v) is 4.32. The number of rotatable bonds is 1. The lowest BCUT2D eigenvalue weighted by Gasteiger charge is -2.21. The van der Waals surface area contributed by atoms with E-state index < -0.39 is 0 Å². The molecule has 0 spiro atoms. The number of halogens is 1. The minimum Gasteiger partial charge on any atom is -0.244 e. The van der Waals surface area contributed by atoms with Gasteiger partial charge >= 0.3 is 0 Å². The molecule has 1 rings (SSSR count). The third kappa shape index (κ3) is 2.26. The summed E-state index contributed by atoms with van der Waals surface area (Å²) in [5, 5.41) is 0. The molecule has 0 aromatic rings. The quantitative estimate of drug-likeness (QED) is 0.384. The highest BCUT2D eigenvalue weighted by Crippen LogP contribution is 2.17. The molecule has 9 heavy (non-hydrogen) atoms. The van der Waals surface area contributed by atoms with Gasteiger partial charge in [-0.25, -0.2) is 3.11 Å². The largest absolute Gasteiger partial charge is 0.244 e. The lowest BCUT2D eigenvalue weighted by Crippen LogP contribution is -2.21. The Labute approximate surface area is 70.6 Å². The van der Waals surface area contributed by atoms with Crippen molar-refractivity contribution in [3.63, 3.8) is 0 Å². The lowest BCUT2D eigenvalue weighted by molar-refractivity contribution is 0.456. The maximum atomic E-state index is 2.34. The summed E-state index contributed by atoms with van der Waals surface area (Å²) in [6.07, 6.45) is 8.55. The van der Waals surface area contributed by atoms with Gasteiger partial charge < -0.3 is 0 Å². The number of hydrogen-bond donors (Lipinski definition) is 0. The summed E-state index contributed by atoms with van der Waals surface area (Å²) in [5.41, 5.74) is 0. The van der Waals surface area contributed by atoms with Crippen molar-refractivity contribution in [3.05, 3.63) is 12.2 Å². The Balaban J connectivity index is 2.40. The summed E-state index contributed by atoms with van der Waals surface area (Å²) in [4.78, 5) is 0. The Morgan fingerprint density at radius 3 is 2.78 bits per heavy atom. The summed E-state index contributed by atoms with van der Waals surface area (Å²) < 4.78 is 2.24. The van der Waals surface area contributed by atoms with Crippen LogP contribution in [-0.2, 0) is 0 Å². The molecule has 0 aromatic heterocycles. The van der Waals surface area contributed by atoms with Crippen molar-refractivity contribution in [1.82, 2.24) is 3.11 Å². The number of nitrogens with zero attached hydrogens (tertiary/aromatic N) is 1. The monoisotopic (exact) mass is 237 g/mol. The zero-order valence-corrected chi connectivity index (χ0v) is 7.84. The van der Waals surface area contributed by atoms with Gasteiger partial charge in [0.05, 0.1) is 0 Å². The standard InChI is InChI=1S/C7H12IN/c1-9(8)7-5-3-2-4-6-7/h3,5,7H,2,4,6H2,1H3. The molecule has 1 atom stereocenters. The van der Waals surface area contributed by atoms with Gasteiger partial charge in [-0.2, -0.15) is 0 Å². The highest BCUT2D eigenvalue weighted by atomic mass is 127. The van der Waals surface area contributed by atoms with Gasteiger partial charge in [-0.3, -0.25) is 0 Å². The number of hydrogen-bond acceptors (Lipinski definition) is 1. The number of allylic oxidation sites excluding steroid dienone is 1. The van der Waals surface area contributed by atoms with Gasteiger partial charge in [0, 0.05) is 28.9 Å². The SMILES string of the molecule is CN(I)C1C=CCCC1. The molecule has 0 saturated heterocycles. The molecule has 0 aliphatic heterocycles. The Morgan fingerprint density at radius 2 is 2.44 bits per heavy atom.